The van der Waals surface area contributed by atoms with Gasteiger partial charge < -0.3 is 15.6 Å². The van der Waals surface area contributed by atoms with Crippen LogP contribution in [-0.4, -0.2) is 33.8 Å². The van der Waals surface area contributed by atoms with Crippen LogP contribution in [-0.2, 0) is 13.0 Å². The van der Waals surface area contributed by atoms with Crippen LogP contribution in [0.4, 0.5) is 0 Å². The Labute approximate surface area is 137 Å². The first kappa shape index (κ1) is 17.2. The van der Waals surface area contributed by atoms with E-state index in [1.54, 1.807) is 0 Å². The van der Waals surface area contributed by atoms with Crippen molar-refractivity contribution in [3.05, 3.63) is 11.6 Å². The molecule has 0 saturated heterocycles. The van der Waals surface area contributed by atoms with Gasteiger partial charge in [0.05, 0.1) is 0 Å². The maximum atomic E-state index is 5.85. The summed E-state index contributed by atoms with van der Waals surface area (Å²) in [6, 6.07) is 0. The third kappa shape index (κ3) is 4.60. The molecule has 0 saturated carbocycles. The van der Waals surface area contributed by atoms with Gasteiger partial charge in [-0.2, -0.15) is 0 Å². The predicted octanol–water partition coefficient (Wildman–Crippen LogP) is 1.33. The number of halogens is 1. The van der Waals surface area contributed by atoms with Crippen LogP contribution in [0.25, 0.3) is 0 Å². The van der Waals surface area contributed by atoms with Crippen LogP contribution in [0.3, 0.4) is 0 Å². The van der Waals surface area contributed by atoms with Gasteiger partial charge in [-0.05, 0) is 25.2 Å². The summed E-state index contributed by atoms with van der Waals surface area (Å²) in [4.78, 5) is 4.31. The fraction of sp³-hybridized carbons (Fsp3) is 0.769. The van der Waals surface area contributed by atoms with Crippen LogP contribution in [0.15, 0.2) is 4.99 Å². The summed E-state index contributed by atoms with van der Waals surface area (Å²) in [5.74, 6) is 3.77. The van der Waals surface area contributed by atoms with Gasteiger partial charge in [-0.25, -0.2) is 0 Å². The van der Waals surface area contributed by atoms with Crippen LogP contribution in [0, 0.1) is 18.8 Å². The average molecular weight is 392 g/mol. The van der Waals surface area contributed by atoms with Crippen molar-refractivity contribution < 1.29 is 0 Å². The molecule has 1 aliphatic rings. The molecule has 0 fully saturated rings. The quantitative estimate of drug-likeness (QED) is 0.460. The molecule has 1 aliphatic heterocycles. The molecule has 1 atom stereocenters. The normalized spacial score (nSPS) is 18.6. The summed E-state index contributed by atoms with van der Waals surface area (Å²) < 4.78 is 2.21. The maximum Gasteiger partial charge on any atom is 0.188 e. The number of hydrogen-bond acceptors (Lipinski definition) is 3. The van der Waals surface area contributed by atoms with Gasteiger partial charge in [0, 0.05) is 26.1 Å². The highest BCUT2D eigenvalue weighted by Gasteiger charge is 2.21. The number of nitrogens with two attached hydrogens (primary N) is 1. The molecule has 1 aromatic heterocycles. The number of aliphatic imine (C=N–C) groups is 1. The molecule has 0 amide bonds. The molecule has 0 bridgehead atoms. The van der Waals surface area contributed by atoms with E-state index in [9.17, 15) is 0 Å². The number of guanidine groups is 1. The molecule has 3 N–H and O–H groups in total. The van der Waals surface area contributed by atoms with Crippen molar-refractivity contribution in [2.24, 2.45) is 22.6 Å². The van der Waals surface area contributed by atoms with Crippen LogP contribution >= 0.6 is 24.0 Å². The molecule has 0 radical (unpaired) electrons. The van der Waals surface area contributed by atoms with Crippen molar-refractivity contribution >= 4 is 29.9 Å². The highest BCUT2D eigenvalue weighted by atomic mass is 127. The van der Waals surface area contributed by atoms with E-state index in [4.69, 9.17) is 5.73 Å². The molecule has 7 heteroatoms. The van der Waals surface area contributed by atoms with E-state index in [0.29, 0.717) is 17.8 Å². The molecule has 6 nitrogen and oxygen atoms in total. The predicted molar refractivity (Wildman–Crippen MR) is 91.3 cm³/mol. The first-order valence-corrected chi connectivity index (χ1v) is 6.98. The lowest BCUT2D eigenvalue weighted by molar-refractivity contribution is 0.359. The standard InChI is InChI=1S/C13H24N6.HI/c1-9(2)6-15-13(14)16-7-11-4-5-12-18-17-10(3)19(12)8-11;/h9,11H,4-8H2,1-3H3,(H3,14,15,16);1H. The number of hydrogen-bond donors (Lipinski definition) is 2. The van der Waals surface area contributed by atoms with Crippen LogP contribution < -0.4 is 11.1 Å². The summed E-state index contributed by atoms with van der Waals surface area (Å²) in [6.07, 6.45) is 2.12. The molecular weight excluding hydrogens is 367 g/mol. The molecule has 0 aliphatic carbocycles. The van der Waals surface area contributed by atoms with E-state index < -0.39 is 0 Å². The maximum absolute atomic E-state index is 5.85. The SMILES string of the molecule is Cc1nnc2n1CC(CNC(N)=NCC(C)C)CC2.I. The number of aryl methyl sites for hydroxylation is 2. The first-order chi connectivity index (χ1) is 9.06. The van der Waals surface area contributed by atoms with Gasteiger partial charge in [0.2, 0.25) is 0 Å². The largest absolute Gasteiger partial charge is 0.370 e. The van der Waals surface area contributed by atoms with Crippen molar-refractivity contribution in [3.63, 3.8) is 0 Å². The number of nitrogens with one attached hydrogen (secondary N) is 1. The van der Waals surface area contributed by atoms with Crippen LogP contribution in [0.1, 0.15) is 31.9 Å². The molecule has 1 unspecified atom stereocenters. The van der Waals surface area contributed by atoms with Crippen molar-refractivity contribution in [2.45, 2.75) is 40.2 Å². The Morgan fingerprint density at radius 3 is 2.95 bits per heavy atom. The highest BCUT2D eigenvalue weighted by molar-refractivity contribution is 14.0. The Balaban J connectivity index is 0.00000200. The van der Waals surface area contributed by atoms with Gasteiger partial charge >= 0.3 is 0 Å². The Bertz CT molecular complexity index is 454. The van der Waals surface area contributed by atoms with E-state index in [1.807, 2.05) is 6.92 Å². The van der Waals surface area contributed by atoms with Gasteiger partial charge in [-0.3, -0.25) is 4.99 Å². The molecule has 114 valence electrons. The Morgan fingerprint density at radius 1 is 1.50 bits per heavy atom. The van der Waals surface area contributed by atoms with E-state index in [2.05, 4.69) is 38.9 Å². The van der Waals surface area contributed by atoms with E-state index in [1.165, 1.54) is 0 Å². The lowest BCUT2D eigenvalue weighted by Gasteiger charge is -2.24. The Morgan fingerprint density at radius 2 is 2.25 bits per heavy atom. The van der Waals surface area contributed by atoms with Gasteiger partial charge in [-0.1, -0.05) is 13.8 Å². The Hall–Kier alpha value is -0.860. The molecule has 1 aromatic rings. The second-order valence-electron chi connectivity index (χ2n) is 5.68. The minimum Gasteiger partial charge on any atom is -0.370 e. The summed E-state index contributed by atoms with van der Waals surface area (Å²) >= 11 is 0. The van der Waals surface area contributed by atoms with Crippen molar-refractivity contribution in [1.82, 2.24) is 20.1 Å². The lowest BCUT2D eigenvalue weighted by Crippen LogP contribution is -2.38. The van der Waals surface area contributed by atoms with Crippen molar-refractivity contribution in [1.29, 1.82) is 0 Å². The smallest absolute Gasteiger partial charge is 0.188 e. The van der Waals surface area contributed by atoms with Crippen molar-refractivity contribution in [3.8, 4) is 0 Å². The third-order valence-electron chi connectivity index (χ3n) is 3.43. The fourth-order valence-electron chi connectivity index (χ4n) is 2.28. The average Bonchev–Trinajstić information content (AvgIpc) is 2.75. The minimum atomic E-state index is 0. The van der Waals surface area contributed by atoms with Crippen LogP contribution in [0.5, 0.6) is 0 Å². The minimum absolute atomic E-state index is 0. The summed E-state index contributed by atoms with van der Waals surface area (Å²) in [6.45, 7) is 8.88. The van der Waals surface area contributed by atoms with Gasteiger partial charge in [0.1, 0.15) is 11.6 Å². The van der Waals surface area contributed by atoms with E-state index >= 15 is 0 Å². The zero-order valence-corrected chi connectivity index (χ0v) is 14.8. The molecular formula is C13H25IN6. The zero-order valence-electron chi connectivity index (χ0n) is 12.5. The van der Waals surface area contributed by atoms with Crippen LogP contribution in [0.2, 0.25) is 0 Å². The summed E-state index contributed by atoms with van der Waals surface area (Å²) in [7, 11) is 0. The summed E-state index contributed by atoms with van der Waals surface area (Å²) in [5.41, 5.74) is 5.85. The van der Waals surface area contributed by atoms with Gasteiger partial charge in [0.25, 0.3) is 0 Å². The topological polar surface area (TPSA) is 81.1 Å². The van der Waals surface area contributed by atoms with Crippen molar-refractivity contribution in [2.75, 3.05) is 13.1 Å². The summed E-state index contributed by atoms with van der Waals surface area (Å²) in [5, 5.41) is 11.5. The monoisotopic (exact) mass is 392 g/mol. The molecule has 2 rings (SSSR count). The highest BCUT2D eigenvalue weighted by Crippen LogP contribution is 2.18. The van der Waals surface area contributed by atoms with E-state index in [0.717, 1.165) is 44.1 Å². The number of nitrogens with zero attached hydrogens (tertiary/aromatic N) is 4. The third-order valence-corrected chi connectivity index (χ3v) is 3.43. The molecule has 0 aromatic carbocycles. The number of rotatable bonds is 4. The van der Waals surface area contributed by atoms with E-state index in [-0.39, 0.29) is 24.0 Å². The molecule has 2 heterocycles. The molecule has 0 spiro atoms. The lowest BCUT2D eigenvalue weighted by atomic mass is 9.99. The zero-order chi connectivity index (χ0) is 13.8. The first-order valence-electron chi connectivity index (χ1n) is 6.98. The van der Waals surface area contributed by atoms with Gasteiger partial charge in [0.15, 0.2) is 5.96 Å². The second-order valence-corrected chi connectivity index (χ2v) is 5.68. The van der Waals surface area contributed by atoms with Gasteiger partial charge in [-0.15, -0.1) is 34.2 Å². The fourth-order valence-corrected chi connectivity index (χ4v) is 2.28. The number of aromatic nitrogens is 3. The number of fused-ring (bicyclic) bond motifs is 1. The Kier molecular flexibility index (Phi) is 6.70. The molecule has 20 heavy (non-hydrogen) atoms. The second kappa shape index (κ2) is 7.80.